The SMILES string of the molecule is COCCCNC(=O)c1ccc(-c2nc(COc3ccc(C)cc3)c(C)o2)cc1. The molecule has 0 unspecified atom stereocenters. The first-order valence-corrected chi connectivity index (χ1v) is 9.60. The molecule has 0 fully saturated rings. The third kappa shape index (κ3) is 5.68. The molecule has 0 aliphatic heterocycles. The van der Waals surface area contributed by atoms with Crippen molar-refractivity contribution in [1.82, 2.24) is 10.3 Å². The van der Waals surface area contributed by atoms with Gasteiger partial charge in [-0.2, -0.15) is 0 Å². The molecule has 0 aliphatic rings. The van der Waals surface area contributed by atoms with Gasteiger partial charge in [-0.05, 0) is 56.7 Å². The molecule has 29 heavy (non-hydrogen) atoms. The minimum absolute atomic E-state index is 0.108. The molecule has 1 amide bonds. The lowest BCUT2D eigenvalue weighted by molar-refractivity contribution is 0.0948. The number of carbonyl (C=O) groups is 1. The summed E-state index contributed by atoms with van der Waals surface area (Å²) in [6.45, 7) is 5.44. The van der Waals surface area contributed by atoms with Crippen molar-refractivity contribution in [3.8, 4) is 17.2 Å². The van der Waals surface area contributed by atoms with E-state index in [9.17, 15) is 4.79 Å². The maximum Gasteiger partial charge on any atom is 0.251 e. The third-order valence-electron chi connectivity index (χ3n) is 4.49. The zero-order valence-corrected chi connectivity index (χ0v) is 17.0. The topological polar surface area (TPSA) is 73.6 Å². The van der Waals surface area contributed by atoms with E-state index in [0.717, 1.165) is 23.4 Å². The molecule has 152 valence electrons. The summed E-state index contributed by atoms with van der Waals surface area (Å²) in [5, 5.41) is 2.87. The van der Waals surface area contributed by atoms with Crippen molar-refractivity contribution in [3.05, 3.63) is 71.1 Å². The van der Waals surface area contributed by atoms with E-state index in [0.29, 0.717) is 37.0 Å². The maximum absolute atomic E-state index is 12.1. The van der Waals surface area contributed by atoms with E-state index in [4.69, 9.17) is 13.9 Å². The Morgan fingerprint density at radius 3 is 2.48 bits per heavy atom. The van der Waals surface area contributed by atoms with Gasteiger partial charge in [0.25, 0.3) is 5.91 Å². The lowest BCUT2D eigenvalue weighted by atomic mass is 10.1. The highest BCUT2D eigenvalue weighted by molar-refractivity contribution is 5.94. The smallest absolute Gasteiger partial charge is 0.251 e. The second kappa shape index (κ2) is 9.89. The number of hydrogen-bond acceptors (Lipinski definition) is 5. The third-order valence-corrected chi connectivity index (χ3v) is 4.49. The van der Waals surface area contributed by atoms with Crippen LogP contribution in [0.5, 0.6) is 5.75 Å². The molecule has 0 atom stereocenters. The monoisotopic (exact) mass is 394 g/mol. The fourth-order valence-electron chi connectivity index (χ4n) is 2.76. The molecule has 0 radical (unpaired) electrons. The Kier molecular flexibility index (Phi) is 7.03. The Bertz CT molecular complexity index is 931. The number of aromatic nitrogens is 1. The number of nitrogens with zero attached hydrogens (tertiary/aromatic N) is 1. The van der Waals surface area contributed by atoms with Crippen LogP contribution in [0.3, 0.4) is 0 Å². The van der Waals surface area contributed by atoms with Crippen molar-refractivity contribution in [1.29, 1.82) is 0 Å². The summed E-state index contributed by atoms with van der Waals surface area (Å²) in [6.07, 6.45) is 0.781. The number of oxazole rings is 1. The number of aryl methyl sites for hydroxylation is 2. The van der Waals surface area contributed by atoms with E-state index in [1.165, 1.54) is 5.56 Å². The van der Waals surface area contributed by atoms with Crippen LogP contribution in [0.25, 0.3) is 11.5 Å². The van der Waals surface area contributed by atoms with Gasteiger partial charge in [-0.25, -0.2) is 4.98 Å². The number of hydrogen-bond donors (Lipinski definition) is 1. The number of amides is 1. The van der Waals surface area contributed by atoms with Crippen molar-refractivity contribution in [3.63, 3.8) is 0 Å². The van der Waals surface area contributed by atoms with Crippen LogP contribution in [0.4, 0.5) is 0 Å². The van der Waals surface area contributed by atoms with E-state index in [-0.39, 0.29) is 5.91 Å². The molecule has 3 rings (SSSR count). The van der Waals surface area contributed by atoms with Gasteiger partial charge in [0.2, 0.25) is 5.89 Å². The molecule has 1 N–H and O–H groups in total. The Labute approximate surface area is 170 Å². The van der Waals surface area contributed by atoms with Gasteiger partial charge in [-0.15, -0.1) is 0 Å². The molecule has 0 saturated carbocycles. The Morgan fingerprint density at radius 1 is 1.07 bits per heavy atom. The van der Waals surface area contributed by atoms with Crippen LogP contribution < -0.4 is 10.1 Å². The van der Waals surface area contributed by atoms with Crippen LogP contribution in [0.15, 0.2) is 52.9 Å². The first kappa shape index (κ1) is 20.6. The van der Waals surface area contributed by atoms with Gasteiger partial charge in [0, 0.05) is 31.4 Å². The summed E-state index contributed by atoms with van der Waals surface area (Å²) in [7, 11) is 1.64. The molecule has 1 aromatic heterocycles. The van der Waals surface area contributed by atoms with E-state index in [1.807, 2.05) is 50.2 Å². The molecule has 0 saturated heterocycles. The molecule has 6 heteroatoms. The summed E-state index contributed by atoms with van der Waals surface area (Å²) in [4.78, 5) is 16.7. The quantitative estimate of drug-likeness (QED) is 0.548. The standard InChI is InChI=1S/C23H26N2O4/c1-16-5-11-20(12-6-16)28-15-21-17(2)29-23(25-21)19-9-7-18(8-10-19)22(26)24-13-4-14-27-3/h5-12H,4,13-15H2,1-3H3,(H,24,26). The van der Waals surface area contributed by atoms with Crippen LogP contribution in [-0.2, 0) is 11.3 Å². The molecule has 0 bridgehead atoms. The lowest BCUT2D eigenvalue weighted by Crippen LogP contribution is -2.25. The summed E-state index contributed by atoms with van der Waals surface area (Å²) in [5.74, 6) is 1.91. The first-order valence-electron chi connectivity index (χ1n) is 9.60. The van der Waals surface area contributed by atoms with E-state index < -0.39 is 0 Å². The zero-order valence-electron chi connectivity index (χ0n) is 17.0. The van der Waals surface area contributed by atoms with Gasteiger partial charge in [0.1, 0.15) is 23.8 Å². The number of methoxy groups -OCH3 is 1. The molecule has 6 nitrogen and oxygen atoms in total. The van der Waals surface area contributed by atoms with Gasteiger partial charge in [0.05, 0.1) is 0 Å². The van der Waals surface area contributed by atoms with Crippen LogP contribution in [0, 0.1) is 13.8 Å². The highest BCUT2D eigenvalue weighted by Gasteiger charge is 2.13. The molecule has 2 aromatic carbocycles. The predicted octanol–water partition coefficient (Wildman–Crippen LogP) is 4.30. The number of rotatable bonds is 9. The average molecular weight is 394 g/mol. The van der Waals surface area contributed by atoms with Crippen molar-refractivity contribution in [2.24, 2.45) is 0 Å². The Morgan fingerprint density at radius 2 is 1.79 bits per heavy atom. The number of benzene rings is 2. The summed E-state index contributed by atoms with van der Waals surface area (Å²) < 4.78 is 16.6. The summed E-state index contributed by atoms with van der Waals surface area (Å²) >= 11 is 0. The second-order valence-electron chi connectivity index (χ2n) is 6.80. The van der Waals surface area contributed by atoms with Crippen LogP contribution in [0.2, 0.25) is 0 Å². The molecule has 1 heterocycles. The minimum atomic E-state index is -0.108. The maximum atomic E-state index is 12.1. The van der Waals surface area contributed by atoms with E-state index in [2.05, 4.69) is 10.3 Å². The van der Waals surface area contributed by atoms with E-state index >= 15 is 0 Å². The van der Waals surface area contributed by atoms with Gasteiger partial charge in [0.15, 0.2) is 0 Å². The Hall–Kier alpha value is -3.12. The predicted molar refractivity (Wildman–Crippen MR) is 111 cm³/mol. The highest BCUT2D eigenvalue weighted by atomic mass is 16.5. The first-order chi connectivity index (χ1) is 14.1. The number of ether oxygens (including phenoxy) is 2. The summed E-state index contributed by atoms with van der Waals surface area (Å²) in [6, 6.07) is 15.1. The van der Waals surface area contributed by atoms with E-state index in [1.54, 1.807) is 19.2 Å². The van der Waals surface area contributed by atoms with Crippen molar-refractivity contribution >= 4 is 5.91 Å². The van der Waals surface area contributed by atoms with Crippen LogP contribution in [0.1, 0.15) is 33.8 Å². The summed E-state index contributed by atoms with van der Waals surface area (Å²) in [5.41, 5.74) is 3.34. The van der Waals surface area contributed by atoms with Gasteiger partial charge >= 0.3 is 0 Å². The lowest BCUT2D eigenvalue weighted by Gasteiger charge is -2.05. The zero-order chi connectivity index (χ0) is 20.6. The van der Waals surface area contributed by atoms with Crippen molar-refractivity contribution in [2.75, 3.05) is 20.3 Å². The highest BCUT2D eigenvalue weighted by Crippen LogP contribution is 2.23. The molecule has 0 spiro atoms. The fourth-order valence-corrected chi connectivity index (χ4v) is 2.76. The normalized spacial score (nSPS) is 10.7. The van der Waals surface area contributed by atoms with Gasteiger partial charge < -0.3 is 19.2 Å². The van der Waals surface area contributed by atoms with Crippen LogP contribution >= 0.6 is 0 Å². The number of carbonyl (C=O) groups excluding carboxylic acids is 1. The minimum Gasteiger partial charge on any atom is -0.487 e. The largest absolute Gasteiger partial charge is 0.487 e. The van der Waals surface area contributed by atoms with Crippen LogP contribution in [-0.4, -0.2) is 31.2 Å². The van der Waals surface area contributed by atoms with Crippen molar-refractivity contribution in [2.45, 2.75) is 26.9 Å². The molecule has 3 aromatic rings. The van der Waals surface area contributed by atoms with Gasteiger partial charge in [-0.1, -0.05) is 17.7 Å². The fraction of sp³-hybridized carbons (Fsp3) is 0.304. The van der Waals surface area contributed by atoms with Gasteiger partial charge in [-0.3, -0.25) is 4.79 Å². The van der Waals surface area contributed by atoms with Crippen molar-refractivity contribution < 1.29 is 18.7 Å². The average Bonchev–Trinajstić information content (AvgIpc) is 3.11. The Balaban J connectivity index is 1.61. The molecule has 0 aliphatic carbocycles. The number of nitrogens with one attached hydrogen (secondary N) is 1. The molecular formula is C23H26N2O4. The second-order valence-corrected chi connectivity index (χ2v) is 6.80. The molecular weight excluding hydrogens is 368 g/mol.